The van der Waals surface area contributed by atoms with Crippen molar-refractivity contribution in [3.63, 3.8) is 0 Å². The van der Waals surface area contributed by atoms with Gasteiger partial charge in [0.2, 0.25) is 11.6 Å². The standard InChI is InChI=1S/C25H33N5O4/c1-16(2)12-34-23(31)17-6-8-18(9-7-17)28-21-20(30(32)33)22(27-15-26-21)29-14-25(5)11-19(29)10-24(3,4)13-25/h6-9,15-16,19H,10-14H2,1-5H3,(H,26,27,28). The molecule has 9 nitrogen and oxygen atoms in total. The number of ether oxygens (including phenoxy) is 1. The number of benzene rings is 1. The second-order valence-corrected chi connectivity index (χ2v) is 11.2. The highest BCUT2D eigenvalue weighted by atomic mass is 16.6. The normalized spacial score (nSPS) is 23.1. The quantitative estimate of drug-likeness (QED) is 0.330. The lowest BCUT2D eigenvalue weighted by molar-refractivity contribution is -0.383. The molecule has 4 rings (SSSR count). The maximum Gasteiger partial charge on any atom is 0.353 e. The van der Waals surface area contributed by atoms with Crippen LogP contribution in [0.15, 0.2) is 30.6 Å². The molecule has 2 fully saturated rings. The summed E-state index contributed by atoms with van der Waals surface area (Å²) in [6.07, 6.45) is 4.44. The van der Waals surface area contributed by atoms with Crippen molar-refractivity contribution in [2.75, 3.05) is 23.4 Å². The molecule has 2 aliphatic rings. The third kappa shape index (κ3) is 4.98. The Morgan fingerprint density at radius 3 is 2.59 bits per heavy atom. The highest BCUT2D eigenvalue weighted by molar-refractivity contribution is 5.90. The van der Waals surface area contributed by atoms with E-state index in [1.807, 2.05) is 13.8 Å². The van der Waals surface area contributed by atoms with Gasteiger partial charge in [-0.1, -0.05) is 34.6 Å². The van der Waals surface area contributed by atoms with Crippen LogP contribution in [0.5, 0.6) is 0 Å². The number of hydrogen-bond acceptors (Lipinski definition) is 8. The van der Waals surface area contributed by atoms with Crippen molar-refractivity contribution < 1.29 is 14.5 Å². The van der Waals surface area contributed by atoms with Crippen LogP contribution in [-0.2, 0) is 4.74 Å². The molecule has 1 aliphatic heterocycles. The molecule has 1 saturated heterocycles. The minimum Gasteiger partial charge on any atom is -0.462 e. The minimum absolute atomic E-state index is 0.110. The van der Waals surface area contributed by atoms with Gasteiger partial charge in [0.25, 0.3) is 0 Å². The largest absolute Gasteiger partial charge is 0.462 e. The number of nitrogens with zero attached hydrogens (tertiary/aromatic N) is 4. The maximum absolute atomic E-state index is 12.2. The van der Waals surface area contributed by atoms with Gasteiger partial charge < -0.3 is 15.0 Å². The van der Waals surface area contributed by atoms with Crippen LogP contribution < -0.4 is 10.2 Å². The number of carbonyl (C=O) groups excluding carboxylic acids is 1. The van der Waals surface area contributed by atoms with E-state index >= 15 is 0 Å². The molecule has 34 heavy (non-hydrogen) atoms. The Hall–Kier alpha value is -3.23. The number of nitro groups is 1. The van der Waals surface area contributed by atoms with E-state index in [4.69, 9.17) is 4.74 Å². The van der Waals surface area contributed by atoms with E-state index in [9.17, 15) is 14.9 Å². The lowest BCUT2D eigenvalue weighted by atomic mass is 9.65. The van der Waals surface area contributed by atoms with Crippen molar-refractivity contribution in [2.45, 2.75) is 59.9 Å². The van der Waals surface area contributed by atoms with E-state index in [1.165, 1.54) is 6.33 Å². The number of fused-ring (bicyclic) bond motifs is 2. The summed E-state index contributed by atoms with van der Waals surface area (Å²) in [5.74, 6) is 0.354. The van der Waals surface area contributed by atoms with Gasteiger partial charge in [-0.3, -0.25) is 10.1 Å². The summed E-state index contributed by atoms with van der Waals surface area (Å²) < 4.78 is 5.25. The average Bonchev–Trinajstić information content (AvgIpc) is 3.00. The molecule has 182 valence electrons. The Labute approximate surface area is 200 Å². The first-order chi connectivity index (χ1) is 16.0. The van der Waals surface area contributed by atoms with E-state index < -0.39 is 10.9 Å². The van der Waals surface area contributed by atoms with Crippen LogP contribution >= 0.6 is 0 Å². The zero-order valence-electron chi connectivity index (χ0n) is 20.5. The van der Waals surface area contributed by atoms with Crippen LogP contribution in [0.3, 0.4) is 0 Å². The molecular formula is C25H33N5O4. The van der Waals surface area contributed by atoms with Crippen molar-refractivity contribution in [2.24, 2.45) is 16.7 Å². The number of anilines is 3. The first-order valence-electron chi connectivity index (χ1n) is 11.8. The van der Waals surface area contributed by atoms with Crippen molar-refractivity contribution in [3.8, 4) is 0 Å². The van der Waals surface area contributed by atoms with Gasteiger partial charge in [0.1, 0.15) is 6.33 Å². The predicted octanol–water partition coefficient (Wildman–Crippen LogP) is 5.35. The summed E-state index contributed by atoms with van der Waals surface area (Å²) in [5, 5.41) is 15.2. The number of aromatic nitrogens is 2. The first kappa shape index (κ1) is 23.9. The zero-order valence-corrected chi connectivity index (χ0v) is 20.5. The molecule has 0 amide bonds. The van der Waals surface area contributed by atoms with Gasteiger partial charge in [-0.15, -0.1) is 0 Å². The van der Waals surface area contributed by atoms with Crippen LogP contribution in [0.25, 0.3) is 0 Å². The first-order valence-corrected chi connectivity index (χ1v) is 11.8. The van der Waals surface area contributed by atoms with E-state index in [0.29, 0.717) is 23.7 Å². The van der Waals surface area contributed by atoms with Crippen LogP contribution in [0, 0.1) is 26.9 Å². The second kappa shape index (κ2) is 8.85. The summed E-state index contributed by atoms with van der Waals surface area (Å²) in [6.45, 7) is 11.8. The van der Waals surface area contributed by atoms with Crippen LogP contribution in [0.1, 0.15) is 64.2 Å². The molecule has 1 N–H and O–H groups in total. The fourth-order valence-electron chi connectivity index (χ4n) is 5.70. The Kier molecular flexibility index (Phi) is 6.22. The Bertz CT molecular complexity index is 1090. The predicted molar refractivity (Wildman–Crippen MR) is 130 cm³/mol. The monoisotopic (exact) mass is 467 g/mol. The number of hydrogen-bond donors (Lipinski definition) is 1. The van der Waals surface area contributed by atoms with Crippen molar-refractivity contribution in [3.05, 3.63) is 46.3 Å². The lowest BCUT2D eigenvalue weighted by Gasteiger charge is -2.39. The summed E-state index contributed by atoms with van der Waals surface area (Å²) in [5.41, 5.74) is 1.18. The van der Waals surface area contributed by atoms with E-state index in [2.05, 4.69) is 41.0 Å². The molecular weight excluding hydrogens is 434 g/mol. The van der Waals surface area contributed by atoms with Gasteiger partial charge in [-0.25, -0.2) is 14.8 Å². The highest BCUT2D eigenvalue weighted by Gasteiger charge is 2.51. The summed E-state index contributed by atoms with van der Waals surface area (Å²) in [7, 11) is 0. The molecule has 0 radical (unpaired) electrons. The Morgan fingerprint density at radius 2 is 1.94 bits per heavy atom. The number of rotatable bonds is 7. The van der Waals surface area contributed by atoms with Crippen molar-refractivity contribution in [1.82, 2.24) is 9.97 Å². The second-order valence-electron chi connectivity index (χ2n) is 11.2. The average molecular weight is 468 g/mol. The van der Waals surface area contributed by atoms with Crippen LogP contribution in [0.4, 0.5) is 23.0 Å². The molecule has 1 saturated carbocycles. The molecule has 1 aromatic heterocycles. The van der Waals surface area contributed by atoms with Crippen LogP contribution in [0.2, 0.25) is 0 Å². The van der Waals surface area contributed by atoms with E-state index in [1.54, 1.807) is 24.3 Å². The fourth-order valence-corrected chi connectivity index (χ4v) is 5.70. The van der Waals surface area contributed by atoms with Gasteiger partial charge >= 0.3 is 11.7 Å². The topological polar surface area (TPSA) is 110 Å². The van der Waals surface area contributed by atoms with Gasteiger partial charge in [-0.05, 0) is 60.3 Å². The van der Waals surface area contributed by atoms with Gasteiger partial charge in [0, 0.05) is 18.3 Å². The maximum atomic E-state index is 12.2. The molecule has 9 heteroatoms. The van der Waals surface area contributed by atoms with E-state index in [-0.39, 0.29) is 34.3 Å². The van der Waals surface area contributed by atoms with E-state index in [0.717, 1.165) is 25.8 Å². The van der Waals surface area contributed by atoms with Crippen molar-refractivity contribution in [1.29, 1.82) is 0 Å². The molecule has 2 atom stereocenters. The smallest absolute Gasteiger partial charge is 0.353 e. The Balaban J connectivity index is 1.58. The SMILES string of the molecule is CC(C)COC(=O)c1ccc(Nc2ncnc(N3CC4(C)CC3CC(C)(C)C4)c2[N+](=O)[O-])cc1. The number of esters is 1. The summed E-state index contributed by atoms with van der Waals surface area (Å²) in [4.78, 5) is 34.6. The number of carbonyl (C=O) groups is 1. The van der Waals surface area contributed by atoms with Crippen LogP contribution in [-0.4, -0.2) is 40.1 Å². The molecule has 2 heterocycles. The molecule has 0 spiro atoms. The van der Waals surface area contributed by atoms with Gasteiger partial charge in [0.15, 0.2) is 0 Å². The third-order valence-corrected chi connectivity index (χ3v) is 6.60. The third-order valence-electron chi connectivity index (χ3n) is 6.60. The molecule has 2 unspecified atom stereocenters. The minimum atomic E-state index is -0.412. The lowest BCUT2D eigenvalue weighted by Crippen LogP contribution is -2.35. The zero-order chi connectivity index (χ0) is 24.7. The molecule has 1 aromatic carbocycles. The molecule has 1 aliphatic carbocycles. The molecule has 2 aromatic rings. The summed E-state index contributed by atoms with van der Waals surface area (Å²) in [6, 6.07) is 6.84. The highest BCUT2D eigenvalue weighted by Crippen LogP contribution is 2.54. The number of nitrogens with one attached hydrogen (secondary N) is 1. The van der Waals surface area contributed by atoms with Gasteiger partial charge in [0.05, 0.1) is 17.1 Å². The van der Waals surface area contributed by atoms with Crippen molar-refractivity contribution >= 4 is 29.0 Å². The molecule has 2 bridgehead atoms. The fraction of sp³-hybridized carbons (Fsp3) is 0.560. The van der Waals surface area contributed by atoms with Gasteiger partial charge in [-0.2, -0.15) is 0 Å². The Morgan fingerprint density at radius 1 is 1.24 bits per heavy atom. The summed E-state index contributed by atoms with van der Waals surface area (Å²) >= 11 is 0.